The number of nitrogens with one attached hydrogen (secondary N) is 1. The normalized spacial score (nSPS) is 17.2. The van der Waals surface area contributed by atoms with E-state index in [0.717, 1.165) is 25.7 Å². The van der Waals surface area contributed by atoms with E-state index in [1.165, 1.54) is 0 Å². The van der Waals surface area contributed by atoms with Crippen LogP contribution < -0.4 is 5.32 Å². The van der Waals surface area contributed by atoms with Gasteiger partial charge in [-0.3, -0.25) is 4.79 Å². The molecule has 0 saturated carbocycles. The SMILES string of the molecule is CCCC(C#N)(CCC)C(=O)NC1CCOCC1. The fraction of sp³-hybridized carbons (Fsp3) is 0.857. The zero-order chi connectivity index (χ0) is 13.4. The Labute approximate surface area is 110 Å². The molecule has 0 spiro atoms. The van der Waals surface area contributed by atoms with Crippen molar-refractivity contribution in [2.24, 2.45) is 5.41 Å². The van der Waals surface area contributed by atoms with Crippen molar-refractivity contribution in [3.05, 3.63) is 0 Å². The fourth-order valence-electron chi connectivity index (χ4n) is 2.53. The summed E-state index contributed by atoms with van der Waals surface area (Å²) in [4.78, 5) is 12.4. The molecule has 0 atom stereocenters. The van der Waals surface area contributed by atoms with Gasteiger partial charge < -0.3 is 10.1 Å². The second kappa shape index (κ2) is 7.38. The smallest absolute Gasteiger partial charge is 0.240 e. The monoisotopic (exact) mass is 252 g/mol. The van der Waals surface area contributed by atoms with Crippen molar-refractivity contribution in [1.82, 2.24) is 5.32 Å². The Morgan fingerprint density at radius 2 is 1.89 bits per heavy atom. The number of amides is 1. The van der Waals surface area contributed by atoms with Crippen molar-refractivity contribution in [3.63, 3.8) is 0 Å². The third-order valence-corrected chi connectivity index (χ3v) is 3.56. The third-order valence-electron chi connectivity index (χ3n) is 3.56. The Balaban J connectivity index is 2.66. The first-order valence-electron chi connectivity index (χ1n) is 6.98. The van der Waals surface area contributed by atoms with Crippen molar-refractivity contribution < 1.29 is 9.53 Å². The minimum Gasteiger partial charge on any atom is -0.381 e. The van der Waals surface area contributed by atoms with Crippen LogP contribution in [0.1, 0.15) is 52.4 Å². The van der Waals surface area contributed by atoms with E-state index in [2.05, 4.69) is 11.4 Å². The molecule has 0 unspecified atom stereocenters. The van der Waals surface area contributed by atoms with E-state index in [1.807, 2.05) is 13.8 Å². The molecule has 1 saturated heterocycles. The average molecular weight is 252 g/mol. The van der Waals surface area contributed by atoms with Gasteiger partial charge in [0.15, 0.2) is 0 Å². The van der Waals surface area contributed by atoms with Crippen molar-refractivity contribution in [1.29, 1.82) is 5.26 Å². The van der Waals surface area contributed by atoms with E-state index in [0.29, 0.717) is 26.1 Å². The maximum atomic E-state index is 12.4. The summed E-state index contributed by atoms with van der Waals surface area (Å²) in [6, 6.07) is 2.44. The van der Waals surface area contributed by atoms with Crippen LogP contribution in [0.2, 0.25) is 0 Å². The summed E-state index contributed by atoms with van der Waals surface area (Å²) in [5.74, 6) is -0.0828. The van der Waals surface area contributed by atoms with Gasteiger partial charge in [-0.1, -0.05) is 26.7 Å². The molecule has 0 radical (unpaired) electrons. The molecule has 0 aromatic carbocycles. The highest BCUT2D eigenvalue weighted by Crippen LogP contribution is 2.30. The second-order valence-corrected chi connectivity index (χ2v) is 5.05. The van der Waals surface area contributed by atoms with Crippen LogP contribution in [0, 0.1) is 16.7 Å². The van der Waals surface area contributed by atoms with E-state index in [1.54, 1.807) is 0 Å². The predicted octanol–water partition coefficient (Wildman–Crippen LogP) is 2.39. The van der Waals surface area contributed by atoms with Gasteiger partial charge in [0, 0.05) is 19.3 Å². The topological polar surface area (TPSA) is 62.1 Å². The van der Waals surface area contributed by atoms with Crippen LogP contribution in [0.15, 0.2) is 0 Å². The predicted molar refractivity (Wildman–Crippen MR) is 69.8 cm³/mol. The van der Waals surface area contributed by atoms with Gasteiger partial charge in [-0.2, -0.15) is 5.26 Å². The second-order valence-electron chi connectivity index (χ2n) is 5.05. The fourth-order valence-corrected chi connectivity index (χ4v) is 2.53. The summed E-state index contributed by atoms with van der Waals surface area (Å²) < 4.78 is 5.27. The van der Waals surface area contributed by atoms with E-state index < -0.39 is 5.41 Å². The zero-order valence-corrected chi connectivity index (χ0v) is 11.5. The summed E-state index contributed by atoms with van der Waals surface area (Å²) in [6.45, 7) is 5.44. The molecule has 102 valence electrons. The summed E-state index contributed by atoms with van der Waals surface area (Å²) in [7, 11) is 0. The van der Waals surface area contributed by atoms with Gasteiger partial charge in [0.2, 0.25) is 5.91 Å². The molecule has 1 rings (SSSR count). The number of ether oxygens (including phenoxy) is 1. The average Bonchev–Trinajstić information content (AvgIpc) is 2.39. The lowest BCUT2D eigenvalue weighted by molar-refractivity contribution is -0.130. The zero-order valence-electron chi connectivity index (χ0n) is 11.5. The maximum absolute atomic E-state index is 12.4. The molecule has 1 aliphatic rings. The van der Waals surface area contributed by atoms with Crippen LogP contribution in [0.4, 0.5) is 0 Å². The molecule has 1 amide bonds. The van der Waals surface area contributed by atoms with Gasteiger partial charge in [-0.15, -0.1) is 0 Å². The summed E-state index contributed by atoms with van der Waals surface area (Å²) in [5, 5.41) is 12.4. The molecule has 1 N–H and O–H groups in total. The van der Waals surface area contributed by atoms with Crippen molar-refractivity contribution in [2.45, 2.75) is 58.4 Å². The lowest BCUT2D eigenvalue weighted by Gasteiger charge is -2.29. The molecule has 0 aromatic heterocycles. The van der Waals surface area contributed by atoms with Crippen molar-refractivity contribution in [3.8, 4) is 6.07 Å². The van der Waals surface area contributed by atoms with Gasteiger partial charge in [-0.25, -0.2) is 0 Å². The van der Waals surface area contributed by atoms with Gasteiger partial charge in [-0.05, 0) is 25.7 Å². The largest absolute Gasteiger partial charge is 0.381 e. The molecule has 0 aliphatic carbocycles. The molecule has 1 aliphatic heterocycles. The van der Waals surface area contributed by atoms with Gasteiger partial charge in [0.25, 0.3) is 0 Å². The number of hydrogen-bond donors (Lipinski definition) is 1. The summed E-state index contributed by atoms with van der Waals surface area (Å²) in [5.41, 5.74) is -0.832. The number of nitriles is 1. The lowest BCUT2D eigenvalue weighted by atomic mass is 9.79. The molecule has 4 heteroatoms. The van der Waals surface area contributed by atoms with Crippen LogP contribution in [-0.4, -0.2) is 25.2 Å². The first-order valence-corrected chi connectivity index (χ1v) is 6.98. The summed E-state index contributed by atoms with van der Waals surface area (Å²) in [6.07, 6.45) is 4.71. The van der Waals surface area contributed by atoms with Gasteiger partial charge in [0.1, 0.15) is 5.41 Å². The molecule has 1 fully saturated rings. The molecule has 18 heavy (non-hydrogen) atoms. The van der Waals surface area contributed by atoms with E-state index in [-0.39, 0.29) is 11.9 Å². The number of carbonyl (C=O) groups excluding carboxylic acids is 1. The summed E-state index contributed by atoms with van der Waals surface area (Å²) >= 11 is 0. The third kappa shape index (κ3) is 3.71. The Morgan fingerprint density at radius 3 is 2.33 bits per heavy atom. The molecule has 1 heterocycles. The minimum atomic E-state index is -0.832. The number of carbonyl (C=O) groups is 1. The standard InChI is InChI=1S/C14H24N2O2/c1-3-7-14(11-15,8-4-2)13(17)16-12-5-9-18-10-6-12/h12H,3-10H2,1-2H3,(H,16,17). The molecule has 0 aromatic rings. The van der Waals surface area contributed by atoms with Crippen LogP contribution >= 0.6 is 0 Å². The minimum absolute atomic E-state index is 0.0828. The van der Waals surface area contributed by atoms with Crippen molar-refractivity contribution >= 4 is 5.91 Å². The Morgan fingerprint density at radius 1 is 1.33 bits per heavy atom. The highest BCUT2D eigenvalue weighted by atomic mass is 16.5. The molecular formula is C14H24N2O2. The van der Waals surface area contributed by atoms with Crippen molar-refractivity contribution in [2.75, 3.05) is 13.2 Å². The van der Waals surface area contributed by atoms with E-state index >= 15 is 0 Å². The van der Waals surface area contributed by atoms with E-state index in [4.69, 9.17) is 4.74 Å². The number of rotatable bonds is 6. The molecule has 0 bridgehead atoms. The Hall–Kier alpha value is -1.08. The van der Waals surface area contributed by atoms with E-state index in [9.17, 15) is 10.1 Å². The highest BCUT2D eigenvalue weighted by molar-refractivity contribution is 5.85. The quantitative estimate of drug-likeness (QED) is 0.789. The van der Waals surface area contributed by atoms with Crippen LogP contribution in [-0.2, 0) is 9.53 Å². The Bertz CT molecular complexity index is 297. The van der Waals surface area contributed by atoms with Crippen LogP contribution in [0.5, 0.6) is 0 Å². The number of hydrogen-bond acceptors (Lipinski definition) is 3. The Kier molecular flexibility index (Phi) is 6.14. The first-order chi connectivity index (χ1) is 8.68. The molecule has 4 nitrogen and oxygen atoms in total. The van der Waals surface area contributed by atoms with Crippen LogP contribution in [0.25, 0.3) is 0 Å². The molecular weight excluding hydrogens is 228 g/mol. The van der Waals surface area contributed by atoms with Gasteiger partial charge >= 0.3 is 0 Å². The first kappa shape index (κ1) is 15.0. The van der Waals surface area contributed by atoms with Gasteiger partial charge in [0.05, 0.1) is 6.07 Å². The maximum Gasteiger partial charge on any atom is 0.240 e. The van der Waals surface area contributed by atoms with Crippen LogP contribution in [0.3, 0.4) is 0 Å². The highest BCUT2D eigenvalue weighted by Gasteiger charge is 2.37. The number of nitrogens with zero attached hydrogens (tertiary/aromatic N) is 1. The lowest BCUT2D eigenvalue weighted by Crippen LogP contribution is -2.46.